The third-order valence-corrected chi connectivity index (χ3v) is 4.92. The number of hydrogen-bond acceptors (Lipinski definition) is 2. The van der Waals surface area contributed by atoms with Crippen molar-refractivity contribution in [3.05, 3.63) is 83.4 Å². The summed E-state index contributed by atoms with van der Waals surface area (Å²) in [5.74, 6) is -0.849. The summed E-state index contributed by atoms with van der Waals surface area (Å²) in [5, 5.41) is 4.99. The van der Waals surface area contributed by atoms with Crippen molar-refractivity contribution in [2.75, 3.05) is 0 Å². The zero-order valence-corrected chi connectivity index (χ0v) is 16.5. The molecule has 3 aromatic carbocycles. The highest BCUT2D eigenvalue weighted by Crippen LogP contribution is 2.22. The fourth-order valence-corrected chi connectivity index (χ4v) is 3.19. The maximum absolute atomic E-state index is 12.6. The monoisotopic (exact) mass is 374 g/mol. The predicted molar refractivity (Wildman–Crippen MR) is 113 cm³/mol. The van der Waals surface area contributed by atoms with Crippen LogP contribution in [0.4, 0.5) is 0 Å². The molecule has 4 heteroatoms. The van der Waals surface area contributed by atoms with Gasteiger partial charge >= 0.3 is 0 Å². The molecule has 0 saturated heterocycles. The van der Waals surface area contributed by atoms with E-state index in [1.165, 1.54) is 0 Å². The van der Waals surface area contributed by atoms with E-state index in [-0.39, 0.29) is 11.3 Å². The number of rotatable bonds is 5. The Labute approximate surface area is 165 Å². The van der Waals surface area contributed by atoms with E-state index >= 15 is 0 Å². The lowest BCUT2D eigenvalue weighted by Crippen LogP contribution is -2.45. The van der Waals surface area contributed by atoms with Crippen molar-refractivity contribution in [2.45, 2.75) is 38.6 Å². The predicted octanol–water partition coefficient (Wildman–Crippen LogP) is 3.96. The molecule has 3 N–H and O–H groups in total. The lowest BCUT2D eigenvalue weighted by atomic mass is 9.86. The van der Waals surface area contributed by atoms with Crippen molar-refractivity contribution < 1.29 is 9.59 Å². The first kappa shape index (κ1) is 19.6. The molecule has 0 aliphatic carbocycles. The van der Waals surface area contributed by atoms with Gasteiger partial charge in [-0.25, -0.2) is 0 Å². The Balaban J connectivity index is 1.75. The molecule has 0 radical (unpaired) electrons. The fourth-order valence-electron chi connectivity index (χ4n) is 3.19. The largest absolute Gasteiger partial charge is 0.368 e. The van der Waals surface area contributed by atoms with Gasteiger partial charge in [-0.2, -0.15) is 0 Å². The Hall–Kier alpha value is -3.14. The normalized spacial score (nSPS) is 12.5. The Morgan fingerprint density at radius 1 is 0.929 bits per heavy atom. The molecular weight excluding hydrogens is 348 g/mol. The van der Waals surface area contributed by atoms with E-state index in [2.05, 4.69) is 26.1 Å². The summed E-state index contributed by atoms with van der Waals surface area (Å²) in [6, 6.07) is 20.7. The lowest BCUT2D eigenvalue weighted by Gasteiger charge is -2.20. The molecule has 0 unspecified atom stereocenters. The molecule has 0 saturated carbocycles. The van der Waals surface area contributed by atoms with Crippen molar-refractivity contribution in [1.29, 1.82) is 0 Å². The Kier molecular flexibility index (Phi) is 5.50. The van der Waals surface area contributed by atoms with Crippen LogP contribution >= 0.6 is 0 Å². The van der Waals surface area contributed by atoms with E-state index in [0.29, 0.717) is 12.0 Å². The number of nitrogens with one attached hydrogen (secondary N) is 1. The summed E-state index contributed by atoms with van der Waals surface area (Å²) in [7, 11) is 0. The molecule has 0 aliphatic rings. The standard InChI is InChI=1S/C24H26N2O2/c1-24(2,3)20-12-10-18(11-13-20)23(28)26-21(22(25)27)15-16-8-9-17-6-4-5-7-19(17)14-16/h4-14,21H,15H2,1-3H3,(H2,25,27)(H,26,28)/t21-/m1/s1. The van der Waals surface area contributed by atoms with Crippen LogP contribution < -0.4 is 11.1 Å². The Bertz CT molecular complexity index is 1000. The maximum Gasteiger partial charge on any atom is 0.251 e. The van der Waals surface area contributed by atoms with Crippen molar-refractivity contribution in [3.63, 3.8) is 0 Å². The van der Waals surface area contributed by atoms with Gasteiger partial charge in [0.2, 0.25) is 5.91 Å². The zero-order chi connectivity index (χ0) is 20.3. The third-order valence-electron chi connectivity index (χ3n) is 4.92. The van der Waals surface area contributed by atoms with E-state index in [0.717, 1.165) is 21.9 Å². The number of amides is 2. The SMILES string of the molecule is CC(C)(C)c1ccc(C(=O)N[C@H](Cc2ccc3ccccc3c2)C(N)=O)cc1. The average molecular weight is 374 g/mol. The molecule has 0 spiro atoms. The number of carbonyl (C=O) groups excluding carboxylic acids is 2. The fraction of sp³-hybridized carbons (Fsp3) is 0.250. The van der Waals surface area contributed by atoms with Gasteiger partial charge in [0.1, 0.15) is 6.04 Å². The molecule has 1 atom stereocenters. The van der Waals surface area contributed by atoms with Crippen LogP contribution in [0.1, 0.15) is 42.3 Å². The molecule has 0 bridgehead atoms. The summed E-state index contributed by atoms with van der Waals surface area (Å²) >= 11 is 0. The van der Waals surface area contributed by atoms with Crippen molar-refractivity contribution >= 4 is 22.6 Å². The second kappa shape index (κ2) is 7.85. The second-order valence-electron chi connectivity index (χ2n) is 8.14. The molecular formula is C24H26N2O2. The number of hydrogen-bond donors (Lipinski definition) is 2. The van der Waals surface area contributed by atoms with Gasteiger partial charge in [-0.05, 0) is 39.4 Å². The van der Waals surface area contributed by atoms with Crippen LogP contribution in [0, 0.1) is 0 Å². The smallest absolute Gasteiger partial charge is 0.251 e. The number of primary amides is 1. The molecule has 4 nitrogen and oxygen atoms in total. The van der Waals surface area contributed by atoms with Crippen LogP contribution in [0.5, 0.6) is 0 Å². The minimum atomic E-state index is -0.768. The molecule has 28 heavy (non-hydrogen) atoms. The number of fused-ring (bicyclic) bond motifs is 1. The van der Waals surface area contributed by atoms with Crippen LogP contribution in [-0.4, -0.2) is 17.9 Å². The highest BCUT2D eigenvalue weighted by Gasteiger charge is 2.20. The highest BCUT2D eigenvalue weighted by atomic mass is 16.2. The van der Waals surface area contributed by atoms with E-state index < -0.39 is 11.9 Å². The van der Waals surface area contributed by atoms with Crippen LogP contribution in [0.25, 0.3) is 10.8 Å². The van der Waals surface area contributed by atoms with Crippen LogP contribution in [0.15, 0.2) is 66.7 Å². The minimum absolute atomic E-state index is 0.0147. The topological polar surface area (TPSA) is 72.2 Å². The molecule has 2 amide bonds. The van der Waals surface area contributed by atoms with Gasteiger partial charge in [0.25, 0.3) is 5.91 Å². The molecule has 0 fully saturated rings. The van der Waals surface area contributed by atoms with Gasteiger partial charge in [-0.1, -0.05) is 75.4 Å². The van der Waals surface area contributed by atoms with Gasteiger partial charge in [-0.3, -0.25) is 9.59 Å². The highest BCUT2D eigenvalue weighted by molar-refractivity contribution is 5.97. The number of nitrogens with two attached hydrogens (primary N) is 1. The molecule has 0 heterocycles. The number of carbonyl (C=O) groups is 2. The quantitative estimate of drug-likeness (QED) is 0.709. The van der Waals surface area contributed by atoms with Gasteiger partial charge in [-0.15, -0.1) is 0 Å². The first-order valence-electron chi connectivity index (χ1n) is 9.42. The first-order valence-corrected chi connectivity index (χ1v) is 9.42. The minimum Gasteiger partial charge on any atom is -0.368 e. The maximum atomic E-state index is 12.6. The zero-order valence-electron chi connectivity index (χ0n) is 16.5. The van der Waals surface area contributed by atoms with E-state index in [9.17, 15) is 9.59 Å². The van der Waals surface area contributed by atoms with Gasteiger partial charge in [0.05, 0.1) is 0 Å². The van der Waals surface area contributed by atoms with E-state index in [4.69, 9.17) is 5.73 Å². The van der Waals surface area contributed by atoms with Crippen LogP contribution in [-0.2, 0) is 16.6 Å². The summed E-state index contributed by atoms with van der Waals surface area (Å²) in [5.41, 5.74) is 8.17. The third kappa shape index (κ3) is 4.58. The van der Waals surface area contributed by atoms with Crippen LogP contribution in [0.2, 0.25) is 0 Å². The number of benzene rings is 3. The molecule has 3 rings (SSSR count). The van der Waals surface area contributed by atoms with Gasteiger partial charge < -0.3 is 11.1 Å². The molecule has 0 aromatic heterocycles. The van der Waals surface area contributed by atoms with Gasteiger partial charge in [0.15, 0.2) is 0 Å². The van der Waals surface area contributed by atoms with E-state index in [1.54, 1.807) is 12.1 Å². The second-order valence-corrected chi connectivity index (χ2v) is 8.14. The molecule has 3 aromatic rings. The summed E-state index contributed by atoms with van der Waals surface area (Å²) in [6.45, 7) is 6.36. The van der Waals surface area contributed by atoms with Crippen LogP contribution in [0.3, 0.4) is 0 Å². The Morgan fingerprint density at radius 3 is 2.18 bits per heavy atom. The summed E-state index contributed by atoms with van der Waals surface area (Å²) in [6.07, 6.45) is 0.353. The Morgan fingerprint density at radius 2 is 1.57 bits per heavy atom. The van der Waals surface area contributed by atoms with Crippen molar-refractivity contribution in [3.8, 4) is 0 Å². The van der Waals surface area contributed by atoms with Crippen molar-refractivity contribution in [2.24, 2.45) is 5.73 Å². The molecule has 0 aliphatic heterocycles. The molecule has 144 valence electrons. The summed E-state index contributed by atoms with van der Waals surface area (Å²) in [4.78, 5) is 24.5. The summed E-state index contributed by atoms with van der Waals surface area (Å²) < 4.78 is 0. The lowest BCUT2D eigenvalue weighted by molar-refractivity contribution is -0.119. The van der Waals surface area contributed by atoms with Crippen molar-refractivity contribution in [1.82, 2.24) is 5.32 Å². The van der Waals surface area contributed by atoms with E-state index in [1.807, 2.05) is 54.6 Å². The first-order chi connectivity index (χ1) is 13.2. The average Bonchev–Trinajstić information content (AvgIpc) is 2.66. The van der Waals surface area contributed by atoms with Gasteiger partial charge in [0, 0.05) is 12.0 Å².